The van der Waals surface area contributed by atoms with Crippen molar-refractivity contribution >= 4 is 0 Å². The summed E-state index contributed by atoms with van der Waals surface area (Å²) in [6.45, 7) is 5.23. The summed E-state index contributed by atoms with van der Waals surface area (Å²) in [5.74, 6) is 2.68. The van der Waals surface area contributed by atoms with Crippen LogP contribution in [-0.2, 0) is 13.0 Å². The van der Waals surface area contributed by atoms with Gasteiger partial charge in [0.2, 0.25) is 0 Å². The normalized spacial score (nSPS) is 26.2. The minimum Gasteiger partial charge on any atom is -0.326 e. The Balaban J connectivity index is 2.31. The molecule has 2 rings (SSSR count). The fourth-order valence-electron chi connectivity index (χ4n) is 2.19. The second kappa shape index (κ2) is 3.69. The number of aromatic nitrogens is 3. The first kappa shape index (κ1) is 9.65. The van der Waals surface area contributed by atoms with E-state index in [9.17, 15) is 0 Å². The fraction of sp³-hybridized carbons (Fsp3) is 0.800. The number of aryl methyl sites for hydroxylation is 1. The molecule has 1 aromatic rings. The Labute approximate surface area is 84.5 Å². The van der Waals surface area contributed by atoms with Crippen molar-refractivity contribution in [1.29, 1.82) is 0 Å². The van der Waals surface area contributed by atoms with Gasteiger partial charge < -0.3 is 10.3 Å². The average Bonchev–Trinajstić information content (AvgIpc) is 2.49. The molecule has 14 heavy (non-hydrogen) atoms. The monoisotopic (exact) mass is 194 g/mol. The summed E-state index contributed by atoms with van der Waals surface area (Å²) < 4.78 is 2.21. The van der Waals surface area contributed by atoms with Crippen LogP contribution >= 0.6 is 0 Å². The van der Waals surface area contributed by atoms with Gasteiger partial charge >= 0.3 is 0 Å². The molecule has 0 amide bonds. The second-order valence-electron chi connectivity index (χ2n) is 4.23. The molecule has 2 atom stereocenters. The van der Waals surface area contributed by atoms with Crippen LogP contribution in [-0.4, -0.2) is 20.8 Å². The van der Waals surface area contributed by atoms with Gasteiger partial charge in [-0.15, -0.1) is 10.2 Å². The quantitative estimate of drug-likeness (QED) is 0.766. The molecule has 0 aliphatic carbocycles. The van der Waals surface area contributed by atoms with Crippen molar-refractivity contribution in [2.24, 2.45) is 5.73 Å². The molecule has 2 unspecified atom stereocenters. The molecule has 0 aromatic carbocycles. The lowest BCUT2D eigenvalue weighted by molar-refractivity contribution is 0.399. The highest BCUT2D eigenvalue weighted by atomic mass is 15.3. The summed E-state index contributed by atoms with van der Waals surface area (Å²) in [4.78, 5) is 0. The maximum absolute atomic E-state index is 5.99. The Kier molecular flexibility index (Phi) is 2.54. The molecule has 1 aliphatic rings. The van der Waals surface area contributed by atoms with E-state index in [0.29, 0.717) is 5.92 Å². The van der Waals surface area contributed by atoms with Crippen LogP contribution < -0.4 is 5.73 Å². The highest BCUT2D eigenvalue weighted by Crippen LogP contribution is 2.25. The topological polar surface area (TPSA) is 56.7 Å². The molecule has 0 fully saturated rings. The lowest BCUT2D eigenvalue weighted by Gasteiger charge is -2.25. The van der Waals surface area contributed by atoms with Crippen LogP contribution in [0.1, 0.15) is 44.3 Å². The zero-order valence-corrected chi connectivity index (χ0v) is 8.90. The number of nitrogens with zero attached hydrogens (tertiary/aromatic N) is 3. The van der Waals surface area contributed by atoms with Gasteiger partial charge in [0, 0.05) is 24.9 Å². The smallest absolute Gasteiger partial charge is 0.135 e. The largest absolute Gasteiger partial charge is 0.326 e. The third kappa shape index (κ3) is 1.54. The van der Waals surface area contributed by atoms with Gasteiger partial charge in [-0.2, -0.15) is 0 Å². The van der Waals surface area contributed by atoms with E-state index < -0.39 is 0 Å². The van der Waals surface area contributed by atoms with E-state index in [4.69, 9.17) is 5.73 Å². The predicted molar refractivity (Wildman–Crippen MR) is 55.0 cm³/mol. The third-order valence-corrected chi connectivity index (χ3v) is 2.84. The lowest BCUT2D eigenvalue weighted by Crippen LogP contribution is -2.34. The van der Waals surface area contributed by atoms with Gasteiger partial charge in [0.05, 0.1) is 0 Å². The Hall–Kier alpha value is -0.900. The van der Waals surface area contributed by atoms with E-state index in [1.165, 1.54) is 0 Å². The van der Waals surface area contributed by atoms with Crippen LogP contribution in [0.3, 0.4) is 0 Å². The van der Waals surface area contributed by atoms with E-state index in [2.05, 4.69) is 28.6 Å². The van der Waals surface area contributed by atoms with Crippen LogP contribution in [0.15, 0.2) is 0 Å². The standard InChI is InChI=1S/C10H18N4/c1-3-4-9-12-13-10-7(2)5-8(11)6-14(9)10/h7-8H,3-6,11H2,1-2H3. The van der Waals surface area contributed by atoms with Crippen molar-refractivity contribution in [1.82, 2.24) is 14.8 Å². The fourth-order valence-corrected chi connectivity index (χ4v) is 2.19. The first-order chi connectivity index (χ1) is 6.72. The highest BCUT2D eigenvalue weighted by molar-refractivity contribution is 5.06. The molecule has 0 saturated heterocycles. The predicted octanol–water partition coefficient (Wildman–Crippen LogP) is 1.07. The minimum absolute atomic E-state index is 0.268. The van der Waals surface area contributed by atoms with Gasteiger partial charge in [-0.25, -0.2) is 0 Å². The number of hydrogen-bond acceptors (Lipinski definition) is 3. The van der Waals surface area contributed by atoms with E-state index in [-0.39, 0.29) is 6.04 Å². The van der Waals surface area contributed by atoms with Crippen molar-refractivity contribution in [3.8, 4) is 0 Å². The minimum atomic E-state index is 0.268. The van der Waals surface area contributed by atoms with Crippen LogP contribution in [0, 0.1) is 0 Å². The van der Waals surface area contributed by atoms with Crippen molar-refractivity contribution in [2.45, 2.75) is 51.6 Å². The molecule has 1 aliphatic heterocycles. The molecule has 0 saturated carbocycles. The van der Waals surface area contributed by atoms with Crippen LogP contribution in [0.2, 0.25) is 0 Å². The zero-order valence-electron chi connectivity index (χ0n) is 8.90. The van der Waals surface area contributed by atoms with Gasteiger partial charge in [0.15, 0.2) is 0 Å². The first-order valence-corrected chi connectivity index (χ1v) is 5.40. The Morgan fingerprint density at radius 2 is 2.29 bits per heavy atom. The second-order valence-corrected chi connectivity index (χ2v) is 4.23. The summed E-state index contributed by atoms with van der Waals surface area (Å²) >= 11 is 0. The van der Waals surface area contributed by atoms with Crippen LogP contribution in [0.4, 0.5) is 0 Å². The van der Waals surface area contributed by atoms with Gasteiger partial charge in [0.25, 0.3) is 0 Å². The van der Waals surface area contributed by atoms with E-state index >= 15 is 0 Å². The van der Waals surface area contributed by atoms with Crippen molar-refractivity contribution in [3.05, 3.63) is 11.6 Å². The Morgan fingerprint density at radius 3 is 3.00 bits per heavy atom. The van der Waals surface area contributed by atoms with Crippen molar-refractivity contribution in [2.75, 3.05) is 0 Å². The highest BCUT2D eigenvalue weighted by Gasteiger charge is 2.25. The Bertz CT molecular complexity index is 318. The maximum atomic E-state index is 5.99. The number of rotatable bonds is 2. The SMILES string of the molecule is CCCc1nnc2n1CC(N)CC2C. The third-order valence-electron chi connectivity index (χ3n) is 2.84. The molecule has 4 heteroatoms. The number of fused-ring (bicyclic) bond motifs is 1. The molecule has 2 heterocycles. The summed E-state index contributed by atoms with van der Waals surface area (Å²) in [5.41, 5.74) is 5.99. The van der Waals surface area contributed by atoms with E-state index in [1.807, 2.05) is 0 Å². The summed E-state index contributed by atoms with van der Waals surface area (Å²) in [6, 6.07) is 0.268. The van der Waals surface area contributed by atoms with Crippen LogP contribution in [0.25, 0.3) is 0 Å². The maximum Gasteiger partial charge on any atom is 0.135 e. The summed E-state index contributed by atoms with van der Waals surface area (Å²) in [6.07, 6.45) is 3.15. The Morgan fingerprint density at radius 1 is 1.50 bits per heavy atom. The average molecular weight is 194 g/mol. The molecule has 0 spiro atoms. The molecule has 0 radical (unpaired) electrons. The summed E-state index contributed by atoms with van der Waals surface area (Å²) in [7, 11) is 0. The summed E-state index contributed by atoms with van der Waals surface area (Å²) in [5, 5.41) is 8.48. The van der Waals surface area contributed by atoms with Crippen LogP contribution in [0.5, 0.6) is 0 Å². The van der Waals surface area contributed by atoms with Gasteiger partial charge in [-0.3, -0.25) is 0 Å². The number of hydrogen-bond donors (Lipinski definition) is 1. The first-order valence-electron chi connectivity index (χ1n) is 5.40. The molecular weight excluding hydrogens is 176 g/mol. The molecule has 0 bridgehead atoms. The molecule has 2 N–H and O–H groups in total. The molecule has 4 nitrogen and oxygen atoms in total. The molecule has 78 valence electrons. The van der Waals surface area contributed by atoms with Gasteiger partial charge in [0.1, 0.15) is 11.6 Å². The molecule has 1 aromatic heterocycles. The van der Waals surface area contributed by atoms with Gasteiger partial charge in [-0.1, -0.05) is 13.8 Å². The van der Waals surface area contributed by atoms with Crippen molar-refractivity contribution in [3.63, 3.8) is 0 Å². The van der Waals surface area contributed by atoms with Gasteiger partial charge in [-0.05, 0) is 12.8 Å². The van der Waals surface area contributed by atoms with E-state index in [0.717, 1.165) is 37.5 Å². The number of nitrogens with two attached hydrogens (primary N) is 1. The van der Waals surface area contributed by atoms with E-state index in [1.54, 1.807) is 0 Å². The van der Waals surface area contributed by atoms with Crippen molar-refractivity contribution < 1.29 is 0 Å². The lowest BCUT2D eigenvalue weighted by atomic mass is 9.97. The zero-order chi connectivity index (χ0) is 10.1. The molecular formula is C10H18N4.